The molecule has 0 unspecified atom stereocenters. The number of fused-ring (bicyclic) bond motifs is 13. The van der Waals surface area contributed by atoms with Gasteiger partial charge in [0.05, 0.1) is 16.7 Å². The van der Waals surface area contributed by atoms with Gasteiger partial charge in [-0.15, -0.1) is 11.3 Å². The van der Waals surface area contributed by atoms with Crippen molar-refractivity contribution in [2.45, 2.75) is 0 Å². The highest BCUT2D eigenvalue weighted by molar-refractivity contribution is 7.25. The summed E-state index contributed by atoms with van der Waals surface area (Å²) < 4.78 is 18.0. The van der Waals surface area contributed by atoms with Gasteiger partial charge in [0, 0.05) is 69.2 Å². The van der Waals surface area contributed by atoms with Crippen LogP contribution in [-0.2, 0) is 0 Å². The Bertz CT molecular complexity index is 4060. The van der Waals surface area contributed by atoms with Gasteiger partial charge in [0.1, 0.15) is 16.7 Å². The zero-order chi connectivity index (χ0) is 40.5. The van der Waals surface area contributed by atoms with Crippen molar-refractivity contribution in [2.24, 2.45) is 0 Å². The Hall–Kier alpha value is -8.13. The summed E-state index contributed by atoms with van der Waals surface area (Å²) in [5.74, 6) is 1.73. The van der Waals surface area contributed by atoms with Gasteiger partial charge in [-0.1, -0.05) is 121 Å². The smallest absolute Gasteiger partial charge is 0.164 e. The van der Waals surface area contributed by atoms with Crippen molar-refractivity contribution in [3.05, 3.63) is 182 Å². The SMILES string of the molecule is c1ccc2cc3c(cc2c1)c1ccccc1n3-c1cc(-c2nc(-c3cccc4oc5ccccc5c34)nc(-c3cccc4sc5ccccc5c34)n2)cc2c1oc1ccccc12. The Kier molecular flexibility index (Phi) is 6.89. The van der Waals surface area contributed by atoms with Crippen molar-refractivity contribution in [3.63, 3.8) is 0 Å². The fourth-order valence-corrected chi connectivity index (χ4v) is 10.8. The molecule has 6 nitrogen and oxygen atoms in total. The average molecular weight is 811 g/mol. The molecule has 0 atom stereocenters. The lowest BCUT2D eigenvalue weighted by Gasteiger charge is -2.13. The molecule has 0 spiro atoms. The van der Waals surface area contributed by atoms with Crippen LogP contribution in [0.4, 0.5) is 0 Å². The fraction of sp³-hybridized carbons (Fsp3) is 0. The normalized spacial score (nSPS) is 12.2. The van der Waals surface area contributed by atoms with E-state index in [2.05, 4.69) is 144 Å². The lowest BCUT2D eigenvalue weighted by Crippen LogP contribution is -2.02. The van der Waals surface area contributed by atoms with Gasteiger partial charge < -0.3 is 13.4 Å². The topological polar surface area (TPSA) is 69.9 Å². The van der Waals surface area contributed by atoms with E-state index in [4.69, 9.17) is 23.8 Å². The summed E-state index contributed by atoms with van der Waals surface area (Å²) in [5.41, 5.74) is 8.99. The van der Waals surface area contributed by atoms with E-state index in [0.717, 1.165) is 82.7 Å². The van der Waals surface area contributed by atoms with Gasteiger partial charge in [-0.2, -0.15) is 0 Å². The molecule has 0 radical (unpaired) electrons. The second kappa shape index (κ2) is 12.7. The Morgan fingerprint density at radius 3 is 1.84 bits per heavy atom. The largest absolute Gasteiger partial charge is 0.456 e. The molecule has 0 aliphatic heterocycles. The summed E-state index contributed by atoms with van der Waals surface area (Å²) >= 11 is 1.79. The van der Waals surface area contributed by atoms with Gasteiger partial charge in [0.15, 0.2) is 23.1 Å². The van der Waals surface area contributed by atoms with E-state index in [1.807, 2.05) is 42.5 Å². The minimum Gasteiger partial charge on any atom is -0.456 e. The van der Waals surface area contributed by atoms with E-state index in [1.54, 1.807) is 11.3 Å². The standard InChI is InChI=1S/C55H30N4O2S/c1-2-14-32-29-43-40(27-31(32)13-1)34-15-3-7-21-42(34)59(43)44-30-33(28-41-35-16-4-8-22-45(35)61-52(41)44)53-56-54(38-19-11-24-47-50(38)36-17-5-9-23-46(36)60-47)58-55(57-53)39-20-12-26-49-51(39)37-18-6-10-25-48(37)62-49/h1-30H. The van der Waals surface area contributed by atoms with Crippen molar-refractivity contribution in [3.8, 4) is 39.9 Å². The molecule has 5 heterocycles. The lowest BCUT2D eigenvalue weighted by molar-refractivity contribution is 0.666. The van der Waals surface area contributed by atoms with Crippen molar-refractivity contribution < 1.29 is 8.83 Å². The first-order chi connectivity index (χ1) is 30.7. The highest BCUT2D eigenvalue weighted by Gasteiger charge is 2.24. The van der Waals surface area contributed by atoms with E-state index in [-0.39, 0.29) is 0 Å². The summed E-state index contributed by atoms with van der Waals surface area (Å²) in [4.78, 5) is 16.2. The van der Waals surface area contributed by atoms with Crippen LogP contribution in [0.1, 0.15) is 0 Å². The molecule has 0 aliphatic carbocycles. The number of para-hydroxylation sites is 3. The lowest BCUT2D eigenvalue weighted by atomic mass is 10.0. The molecule has 0 N–H and O–H groups in total. The summed E-state index contributed by atoms with van der Waals surface area (Å²) in [7, 11) is 0. The van der Waals surface area contributed by atoms with Crippen molar-refractivity contribution in [2.75, 3.05) is 0 Å². The molecule has 14 aromatic rings. The van der Waals surface area contributed by atoms with Crippen LogP contribution >= 0.6 is 11.3 Å². The summed E-state index contributed by atoms with van der Waals surface area (Å²) in [6, 6.07) is 63.7. The summed E-state index contributed by atoms with van der Waals surface area (Å²) in [6.45, 7) is 0. The Labute approximate surface area is 356 Å². The van der Waals surface area contributed by atoms with Crippen LogP contribution in [-0.4, -0.2) is 19.5 Å². The molecule has 0 amide bonds. The number of rotatable bonds is 4. The van der Waals surface area contributed by atoms with Gasteiger partial charge >= 0.3 is 0 Å². The van der Waals surface area contributed by atoms with E-state index in [1.165, 1.54) is 36.3 Å². The van der Waals surface area contributed by atoms with Crippen molar-refractivity contribution >= 4 is 108 Å². The third kappa shape index (κ3) is 4.82. The molecule has 288 valence electrons. The highest BCUT2D eigenvalue weighted by atomic mass is 32.1. The minimum absolute atomic E-state index is 0.561. The van der Waals surface area contributed by atoms with Gasteiger partial charge in [0.25, 0.3) is 0 Å². The monoisotopic (exact) mass is 810 g/mol. The third-order valence-corrected chi connectivity index (χ3v) is 13.6. The zero-order valence-electron chi connectivity index (χ0n) is 32.8. The molecule has 0 saturated heterocycles. The van der Waals surface area contributed by atoms with Crippen molar-refractivity contribution in [1.29, 1.82) is 0 Å². The molecule has 5 aromatic heterocycles. The van der Waals surface area contributed by atoms with Crippen LogP contribution in [0.3, 0.4) is 0 Å². The second-order valence-electron chi connectivity index (χ2n) is 15.9. The third-order valence-electron chi connectivity index (χ3n) is 12.4. The number of hydrogen-bond donors (Lipinski definition) is 0. The van der Waals surface area contributed by atoms with Gasteiger partial charge in [-0.05, 0) is 71.4 Å². The Morgan fingerprint density at radius 1 is 0.387 bits per heavy atom. The van der Waals surface area contributed by atoms with Crippen LogP contribution < -0.4 is 0 Å². The van der Waals surface area contributed by atoms with Gasteiger partial charge in [-0.3, -0.25) is 0 Å². The maximum Gasteiger partial charge on any atom is 0.164 e. The molecule has 0 aliphatic rings. The number of benzene rings is 9. The van der Waals surface area contributed by atoms with E-state index in [9.17, 15) is 0 Å². The number of furan rings is 2. The predicted molar refractivity (Wildman–Crippen MR) is 255 cm³/mol. The number of aromatic nitrogens is 4. The highest BCUT2D eigenvalue weighted by Crippen LogP contribution is 2.44. The molecule has 7 heteroatoms. The maximum absolute atomic E-state index is 6.85. The fourth-order valence-electron chi connectivity index (χ4n) is 9.69. The van der Waals surface area contributed by atoms with Gasteiger partial charge in [-0.25, -0.2) is 15.0 Å². The molecule has 0 saturated carbocycles. The summed E-state index contributed by atoms with van der Waals surface area (Å²) in [6.07, 6.45) is 0. The summed E-state index contributed by atoms with van der Waals surface area (Å²) in [5, 5.41) is 11.0. The van der Waals surface area contributed by atoms with E-state index in [0.29, 0.717) is 17.5 Å². The maximum atomic E-state index is 6.85. The molecule has 14 rings (SSSR count). The second-order valence-corrected chi connectivity index (χ2v) is 17.0. The average Bonchev–Trinajstić information content (AvgIpc) is 4.09. The first-order valence-corrected chi connectivity index (χ1v) is 21.5. The number of hydrogen-bond acceptors (Lipinski definition) is 6. The quantitative estimate of drug-likeness (QED) is 0.177. The van der Waals surface area contributed by atoms with E-state index < -0.39 is 0 Å². The Morgan fingerprint density at radius 2 is 1.00 bits per heavy atom. The first-order valence-electron chi connectivity index (χ1n) is 20.7. The Balaban J connectivity index is 1.11. The molecular formula is C55H30N4O2S. The van der Waals surface area contributed by atoms with Crippen molar-refractivity contribution in [1.82, 2.24) is 19.5 Å². The zero-order valence-corrected chi connectivity index (χ0v) is 33.7. The molecule has 9 aromatic carbocycles. The van der Waals surface area contributed by atoms with Crippen LogP contribution in [0, 0.1) is 0 Å². The van der Waals surface area contributed by atoms with Gasteiger partial charge in [0.2, 0.25) is 0 Å². The number of thiophene rings is 1. The van der Waals surface area contributed by atoms with Crippen LogP contribution in [0.5, 0.6) is 0 Å². The molecule has 0 bridgehead atoms. The first kappa shape index (κ1) is 33.7. The molecular weight excluding hydrogens is 781 g/mol. The van der Waals surface area contributed by atoms with Crippen LogP contribution in [0.25, 0.3) is 136 Å². The van der Waals surface area contributed by atoms with Crippen LogP contribution in [0.2, 0.25) is 0 Å². The number of nitrogens with zero attached hydrogens (tertiary/aromatic N) is 4. The minimum atomic E-state index is 0.561. The molecule has 62 heavy (non-hydrogen) atoms. The molecule has 0 fully saturated rings. The predicted octanol–water partition coefficient (Wildman–Crippen LogP) is 15.3. The van der Waals surface area contributed by atoms with E-state index >= 15 is 0 Å². The van der Waals surface area contributed by atoms with Crippen LogP contribution in [0.15, 0.2) is 191 Å².